The summed E-state index contributed by atoms with van der Waals surface area (Å²) in [6.07, 6.45) is 6.03. The van der Waals surface area contributed by atoms with Crippen molar-refractivity contribution in [2.75, 3.05) is 11.9 Å². The number of thiazole rings is 1. The van der Waals surface area contributed by atoms with Crippen molar-refractivity contribution >= 4 is 22.4 Å². The highest BCUT2D eigenvalue weighted by Gasteiger charge is 2.40. The quantitative estimate of drug-likeness (QED) is 0.844. The largest absolute Gasteiger partial charge is 0.309 e. The molecule has 0 saturated heterocycles. The van der Waals surface area contributed by atoms with Crippen molar-refractivity contribution in [1.82, 2.24) is 10.3 Å². The minimum absolute atomic E-state index is 0.143. The molecule has 21 heavy (non-hydrogen) atoms. The Balaban J connectivity index is 1.51. The van der Waals surface area contributed by atoms with Crippen molar-refractivity contribution < 1.29 is 4.79 Å². The van der Waals surface area contributed by atoms with Gasteiger partial charge >= 0.3 is 0 Å². The van der Waals surface area contributed by atoms with Crippen LogP contribution in [0.5, 0.6) is 0 Å². The molecular formula is C16H25N3OS. The number of carbonyl (C=O) groups excluding carboxylic acids is 1. The van der Waals surface area contributed by atoms with Gasteiger partial charge in [-0.1, -0.05) is 13.3 Å². The molecule has 1 aromatic rings. The van der Waals surface area contributed by atoms with Gasteiger partial charge in [0.1, 0.15) is 0 Å². The molecule has 0 aromatic carbocycles. The van der Waals surface area contributed by atoms with Crippen LogP contribution in [0.15, 0.2) is 5.38 Å². The molecule has 4 nitrogen and oxygen atoms in total. The molecule has 2 fully saturated rings. The van der Waals surface area contributed by atoms with Crippen molar-refractivity contribution in [3.05, 3.63) is 11.1 Å². The summed E-state index contributed by atoms with van der Waals surface area (Å²) in [6, 6.07) is 0.238. The molecule has 4 atom stereocenters. The van der Waals surface area contributed by atoms with Crippen molar-refractivity contribution in [2.24, 2.45) is 17.8 Å². The molecule has 3 rings (SSSR count). The topological polar surface area (TPSA) is 54.0 Å². The van der Waals surface area contributed by atoms with Crippen molar-refractivity contribution in [3.8, 4) is 0 Å². The average molecular weight is 307 g/mol. The van der Waals surface area contributed by atoms with Crippen molar-refractivity contribution in [2.45, 2.75) is 52.0 Å². The molecule has 2 N–H and O–H groups in total. The standard InChI is InChI=1S/C16H25N3OS/c1-3-17-10(2)14-9-21-16(18-14)19-15(20)8-13-7-11-4-5-12(13)6-11/h9-13,17H,3-8H2,1-2H3,(H,18,19,20). The van der Waals surface area contributed by atoms with Crippen LogP contribution in [-0.4, -0.2) is 17.4 Å². The third-order valence-electron chi connectivity index (χ3n) is 5.05. The number of hydrogen-bond donors (Lipinski definition) is 2. The lowest BCUT2D eigenvalue weighted by molar-refractivity contribution is -0.117. The lowest BCUT2D eigenvalue weighted by Gasteiger charge is -2.20. The van der Waals surface area contributed by atoms with Gasteiger partial charge in [-0.05, 0) is 50.5 Å². The van der Waals surface area contributed by atoms with Crippen LogP contribution in [0.2, 0.25) is 0 Å². The molecule has 1 heterocycles. The number of aromatic nitrogens is 1. The number of rotatable bonds is 6. The predicted octanol–water partition coefficient (Wildman–Crippen LogP) is 3.58. The molecule has 0 aliphatic heterocycles. The summed E-state index contributed by atoms with van der Waals surface area (Å²) in [5.41, 5.74) is 1.01. The van der Waals surface area contributed by atoms with Gasteiger partial charge < -0.3 is 10.6 Å². The van der Waals surface area contributed by atoms with E-state index in [-0.39, 0.29) is 11.9 Å². The molecule has 1 amide bonds. The summed E-state index contributed by atoms with van der Waals surface area (Å²) in [5, 5.41) is 9.09. The van der Waals surface area contributed by atoms with Crippen LogP contribution in [0.3, 0.4) is 0 Å². The second kappa shape index (κ2) is 6.44. The Morgan fingerprint density at radius 1 is 1.48 bits per heavy atom. The molecule has 2 aliphatic rings. The Kier molecular flexibility index (Phi) is 4.60. The fraction of sp³-hybridized carbons (Fsp3) is 0.750. The summed E-state index contributed by atoms with van der Waals surface area (Å²) in [4.78, 5) is 16.7. The van der Waals surface area contributed by atoms with Crippen molar-refractivity contribution in [3.63, 3.8) is 0 Å². The molecule has 0 radical (unpaired) electrons. The zero-order chi connectivity index (χ0) is 14.8. The van der Waals surface area contributed by atoms with Gasteiger partial charge in [0, 0.05) is 17.8 Å². The summed E-state index contributed by atoms with van der Waals surface area (Å²) in [6.45, 7) is 5.10. The van der Waals surface area contributed by atoms with Gasteiger partial charge in [-0.3, -0.25) is 4.79 Å². The number of nitrogens with zero attached hydrogens (tertiary/aromatic N) is 1. The molecule has 2 aliphatic carbocycles. The first-order valence-electron chi connectivity index (χ1n) is 8.14. The van der Waals surface area contributed by atoms with E-state index in [0.29, 0.717) is 12.3 Å². The normalized spacial score (nSPS) is 28.8. The maximum Gasteiger partial charge on any atom is 0.226 e. The third-order valence-corrected chi connectivity index (χ3v) is 5.83. The molecule has 4 unspecified atom stereocenters. The van der Waals surface area contributed by atoms with Crippen LogP contribution in [-0.2, 0) is 4.79 Å². The second-order valence-electron chi connectivity index (χ2n) is 6.54. The smallest absolute Gasteiger partial charge is 0.226 e. The summed E-state index contributed by atoms with van der Waals surface area (Å²) in [5.74, 6) is 2.47. The van der Waals surface area contributed by atoms with Gasteiger partial charge in [-0.15, -0.1) is 11.3 Å². The van der Waals surface area contributed by atoms with Gasteiger partial charge in [-0.2, -0.15) is 0 Å². The zero-order valence-corrected chi connectivity index (χ0v) is 13.7. The van der Waals surface area contributed by atoms with E-state index in [9.17, 15) is 4.79 Å². The van der Waals surface area contributed by atoms with Gasteiger partial charge in [0.2, 0.25) is 5.91 Å². The van der Waals surface area contributed by atoms with E-state index in [0.717, 1.165) is 29.2 Å². The Bertz CT molecular complexity index is 501. The van der Waals surface area contributed by atoms with Gasteiger partial charge in [-0.25, -0.2) is 4.98 Å². The summed E-state index contributed by atoms with van der Waals surface area (Å²) < 4.78 is 0. The van der Waals surface area contributed by atoms with E-state index in [4.69, 9.17) is 0 Å². The molecule has 116 valence electrons. The molecule has 5 heteroatoms. The predicted molar refractivity (Wildman–Crippen MR) is 86.4 cm³/mol. The number of amides is 1. The maximum atomic E-state index is 12.2. The highest BCUT2D eigenvalue weighted by molar-refractivity contribution is 7.13. The maximum absolute atomic E-state index is 12.2. The number of nitrogens with one attached hydrogen (secondary N) is 2. The monoisotopic (exact) mass is 307 g/mol. The van der Waals surface area contributed by atoms with Gasteiger partial charge in [0.15, 0.2) is 5.13 Å². The van der Waals surface area contributed by atoms with Gasteiger partial charge in [0.05, 0.1) is 5.69 Å². The van der Waals surface area contributed by atoms with E-state index in [1.807, 2.05) is 5.38 Å². The SMILES string of the molecule is CCNC(C)c1csc(NC(=O)CC2CC3CCC2C3)n1. The lowest BCUT2D eigenvalue weighted by atomic mass is 9.86. The first-order chi connectivity index (χ1) is 10.2. The van der Waals surface area contributed by atoms with Crippen molar-refractivity contribution in [1.29, 1.82) is 0 Å². The van der Waals surface area contributed by atoms with E-state index in [1.165, 1.54) is 37.0 Å². The highest BCUT2D eigenvalue weighted by atomic mass is 32.1. The Morgan fingerprint density at radius 3 is 3.00 bits per heavy atom. The summed E-state index contributed by atoms with van der Waals surface area (Å²) in [7, 11) is 0. The Morgan fingerprint density at radius 2 is 2.33 bits per heavy atom. The molecule has 2 bridgehead atoms. The van der Waals surface area contributed by atoms with Crippen LogP contribution < -0.4 is 10.6 Å². The van der Waals surface area contributed by atoms with Crippen LogP contribution in [0.1, 0.15) is 57.7 Å². The van der Waals surface area contributed by atoms with Crippen LogP contribution >= 0.6 is 11.3 Å². The second-order valence-corrected chi connectivity index (χ2v) is 7.40. The summed E-state index contributed by atoms with van der Waals surface area (Å²) >= 11 is 1.52. The lowest BCUT2D eigenvalue weighted by Crippen LogP contribution is -2.20. The van der Waals surface area contributed by atoms with Crippen LogP contribution in [0, 0.1) is 17.8 Å². The Hall–Kier alpha value is -0.940. The minimum Gasteiger partial charge on any atom is -0.309 e. The van der Waals surface area contributed by atoms with Crippen LogP contribution in [0.25, 0.3) is 0 Å². The van der Waals surface area contributed by atoms with Crippen LogP contribution in [0.4, 0.5) is 5.13 Å². The van der Waals surface area contributed by atoms with Gasteiger partial charge in [0.25, 0.3) is 0 Å². The number of hydrogen-bond acceptors (Lipinski definition) is 4. The minimum atomic E-state index is 0.143. The first kappa shape index (κ1) is 15.0. The molecule has 1 aromatic heterocycles. The van der Waals surface area contributed by atoms with E-state index >= 15 is 0 Å². The number of fused-ring (bicyclic) bond motifs is 2. The number of anilines is 1. The molecule has 0 spiro atoms. The fourth-order valence-corrected chi connectivity index (χ4v) is 4.81. The third kappa shape index (κ3) is 3.46. The molecule has 2 saturated carbocycles. The van der Waals surface area contributed by atoms with E-state index in [1.54, 1.807) is 0 Å². The fourth-order valence-electron chi connectivity index (χ4n) is 3.99. The Labute approximate surface area is 130 Å². The number of carbonyl (C=O) groups is 1. The average Bonchev–Trinajstić information content (AvgIpc) is 3.14. The molecular weight excluding hydrogens is 282 g/mol. The first-order valence-corrected chi connectivity index (χ1v) is 9.02. The zero-order valence-electron chi connectivity index (χ0n) is 12.9. The highest BCUT2D eigenvalue weighted by Crippen LogP contribution is 2.49. The van der Waals surface area contributed by atoms with E-state index in [2.05, 4.69) is 29.5 Å². The van der Waals surface area contributed by atoms with E-state index < -0.39 is 0 Å².